The highest BCUT2D eigenvalue weighted by Crippen LogP contribution is 2.34. The van der Waals surface area contributed by atoms with Gasteiger partial charge in [-0.2, -0.15) is 0 Å². The van der Waals surface area contributed by atoms with E-state index in [9.17, 15) is 9.59 Å². The molecule has 7 heteroatoms. The van der Waals surface area contributed by atoms with Crippen LogP contribution in [0.4, 0.5) is 0 Å². The fraction of sp³-hybridized carbons (Fsp3) is 0.269. The molecule has 4 aromatic rings. The maximum Gasteiger partial charge on any atom is 0.275 e. The predicted molar refractivity (Wildman–Crippen MR) is 125 cm³/mol. The quantitative estimate of drug-likeness (QED) is 0.487. The molecule has 2 unspecified atom stereocenters. The van der Waals surface area contributed by atoms with Crippen molar-refractivity contribution >= 4 is 16.7 Å². The van der Waals surface area contributed by atoms with Gasteiger partial charge in [0.1, 0.15) is 23.2 Å². The summed E-state index contributed by atoms with van der Waals surface area (Å²) in [4.78, 5) is 32.5. The molecule has 0 bridgehead atoms. The zero-order chi connectivity index (χ0) is 22.5. The van der Waals surface area contributed by atoms with Gasteiger partial charge in [0.2, 0.25) is 0 Å². The SMILES string of the molecule is Cc1cn(-c2ccc3n(c2=O)CCN(C2CCC2Oc2cccc4ccccc24)C3=O)cn1. The van der Waals surface area contributed by atoms with E-state index in [0.29, 0.717) is 24.5 Å². The Morgan fingerprint density at radius 2 is 1.82 bits per heavy atom. The van der Waals surface area contributed by atoms with Gasteiger partial charge in [0.05, 0.1) is 18.1 Å². The monoisotopic (exact) mass is 440 g/mol. The summed E-state index contributed by atoms with van der Waals surface area (Å²) in [5.41, 5.74) is 1.60. The summed E-state index contributed by atoms with van der Waals surface area (Å²) in [6, 6.07) is 17.7. The number of imidazole rings is 1. The van der Waals surface area contributed by atoms with Crippen molar-refractivity contribution in [1.82, 2.24) is 19.0 Å². The van der Waals surface area contributed by atoms with Crippen LogP contribution < -0.4 is 10.3 Å². The van der Waals surface area contributed by atoms with Crippen LogP contribution in [0.25, 0.3) is 16.5 Å². The number of rotatable bonds is 4. The van der Waals surface area contributed by atoms with Crippen molar-refractivity contribution in [2.75, 3.05) is 6.54 Å². The minimum Gasteiger partial charge on any atom is -0.488 e. The molecule has 0 spiro atoms. The van der Waals surface area contributed by atoms with Gasteiger partial charge in [0, 0.05) is 24.7 Å². The van der Waals surface area contributed by atoms with Gasteiger partial charge in [-0.3, -0.25) is 9.59 Å². The molecule has 2 aromatic carbocycles. The summed E-state index contributed by atoms with van der Waals surface area (Å²) < 4.78 is 9.69. The third-order valence-corrected chi connectivity index (χ3v) is 6.79. The van der Waals surface area contributed by atoms with Crippen LogP contribution >= 0.6 is 0 Å². The van der Waals surface area contributed by atoms with Gasteiger partial charge in [-0.1, -0.05) is 36.4 Å². The maximum absolute atomic E-state index is 13.4. The molecule has 1 aliphatic heterocycles. The average Bonchev–Trinajstić information content (AvgIpc) is 3.25. The van der Waals surface area contributed by atoms with Gasteiger partial charge in [0.15, 0.2) is 0 Å². The highest BCUT2D eigenvalue weighted by molar-refractivity contribution is 5.94. The van der Waals surface area contributed by atoms with Crippen LogP contribution in [-0.4, -0.2) is 43.6 Å². The lowest BCUT2D eigenvalue weighted by atomic mass is 9.86. The lowest BCUT2D eigenvalue weighted by Gasteiger charge is -2.45. The second-order valence-electron chi connectivity index (χ2n) is 8.76. The fourth-order valence-corrected chi connectivity index (χ4v) is 4.91. The number of carbonyl (C=O) groups excluding carboxylic acids is 1. The van der Waals surface area contributed by atoms with Crippen molar-refractivity contribution in [3.63, 3.8) is 0 Å². The van der Waals surface area contributed by atoms with Crippen LogP contribution in [-0.2, 0) is 6.54 Å². The Hall–Kier alpha value is -3.87. The number of aryl methyl sites for hydroxylation is 1. The largest absolute Gasteiger partial charge is 0.488 e. The molecule has 7 nitrogen and oxygen atoms in total. The molecule has 33 heavy (non-hydrogen) atoms. The van der Waals surface area contributed by atoms with E-state index in [1.165, 1.54) is 0 Å². The first-order chi connectivity index (χ1) is 16.1. The second kappa shape index (κ2) is 7.62. The Morgan fingerprint density at radius 3 is 2.61 bits per heavy atom. The van der Waals surface area contributed by atoms with Gasteiger partial charge >= 0.3 is 0 Å². The molecule has 0 saturated heterocycles. The van der Waals surface area contributed by atoms with Gasteiger partial charge in [0.25, 0.3) is 11.5 Å². The van der Waals surface area contributed by atoms with E-state index in [2.05, 4.69) is 23.2 Å². The second-order valence-corrected chi connectivity index (χ2v) is 8.76. The van der Waals surface area contributed by atoms with Crippen LogP contribution in [0, 0.1) is 6.92 Å². The van der Waals surface area contributed by atoms with Crippen molar-refractivity contribution in [1.29, 1.82) is 0 Å². The first-order valence-corrected chi connectivity index (χ1v) is 11.3. The summed E-state index contributed by atoms with van der Waals surface area (Å²) in [5, 5.41) is 2.21. The Balaban J connectivity index is 1.25. The van der Waals surface area contributed by atoms with Crippen molar-refractivity contribution in [3.05, 3.63) is 88.9 Å². The van der Waals surface area contributed by atoms with Crippen LogP contribution in [0.3, 0.4) is 0 Å². The molecule has 2 atom stereocenters. The van der Waals surface area contributed by atoms with E-state index in [-0.39, 0.29) is 23.6 Å². The van der Waals surface area contributed by atoms with Crippen molar-refractivity contribution in [2.24, 2.45) is 0 Å². The summed E-state index contributed by atoms with van der Waals surface area (Å²) >= 11 is 0. The minimum atomic E-state index is -0.171. The number of nitrogens with zero attached hydrogens (tertiary/aromatic N) is 4. The minimum absolute atomic E-state index is 0.0105. The molecule has 0 radical (unpaired) electrons. The highest BCUT2D eigenvalue weighted by atomic mass is 16.5. The molecule has 1 fully saturated rings. The number of fused-ring (bicyclic) bond motifs is 2. The van der Waals surface area contributed by atoms with E-state index in [1.54, 1.807) is 27.6 Å². The van der Waals surface area contributed by atoms with Crippen molar-refractivity contribution < 1.29 is 9.53 Å². The van der Waals surface area contributed by atoms with E-state index in [4.69, 9.17) is 4.74 Å². The van der Waals surface area contributed by atoms with Crippen molar-refractivity contribution in [2.45, 2.75) is 38.5 Å². The standard InChI is InChI=1S/C26H24N4O3/c1-17-15-28(16-27-17)21-9-10-22-26(32)29(13-14-30(22)25(21)31)20-11-12-24(20)33-23-8-4-6-18-5-2-3-7-19(18)23/h2-10,15-16,20,24H,11-14H2,1H3. The number of hydrogen-bond acceptors (Lipinski definition) is 4. The lowest BCUT2D eigenvalue weighted by molar-refractivity contribution is -0.00483. The first-order valence-electron chi connectivity index (χ1n) is 11.3. The number of pyridine rings is 1. The summed E-state index contributed by atoms with van der Waals surface area (Å²) in [6.07, 6.45) is 5.19. The van der Waals surface area contributed by atoms with Gasteiger partial charge in [-0.25, -0.2) is 4.98 Å². The zero-order valence-electron chi connectivity index (χ0n) is 18.3. The Labute approximate surface area is 190 Å². The molecule has 2 aromatic heterocycles. The zero-order valence-corrected chi connectivity index (χ0v) is 18.3. The number of benzene rings is 2. The predicted octanol–water partition coefficient (Wildman–Crippen LogP) is 3.56. The first kappa shape index (κ1) is 19.8. The summed E-state index contributed by atoms with van der Waals surface area (Å²) in [6.45, 7) is 2.85. The molecular weight excluding hydrogens is 416 g/mol. The average molecular weight is 441 g/mol. The van der Waals surface area contributed by atoms with Crippen LogP contribution in [0.5, 0.6) is 5.75 Å². The molecule has 0 N–H and O–H groups in total. The molecule has 3 heterocycles. The van der Waals surface area contributed by atoms with Gasteiger partial charge < -0.3 is 18.8 Å². The van der Waals surface area contributed by atoms with Crippen LogP contribution in [0.15, 0.2) is 71.9 Å². The molecule has 6 rings (SSSR count). The number of carbonyl (C=O) groups is 1. The molecule has 1 aliphatic carbocycles. The lowest BCUT2D eigenvalue weighted by Crippen LogP contribution is -2.58. The smallest absolute Gasteiger partial charge is 0.275 e. The number of amides is 1. The summed E-state index contributed by atoms with van der Waals surface area (Å²) in [7, 11) is 0. The normalized spacial score (nSPS) is 19.9. The third-order valence-electron chi connectivity index (χ3n) is 6.79. The molecule has 1 amide bonds. The Bertz CT molecular complexity index is 1430. The van der Waals surface area contributed by atoms with E-state index in [1.807, 2.05) is 42.3 Å². The number of aromatic nitrogens is 3. The molecule has 2 aliphatic rings. The summed E-state index contributed by atoms with van der Waals surface area (Å²) in [5.74, 6) is 0.743. The Kier molecular flexibility index (Phi) is 4.57. The van der Waals surface area contributed by atoms with Crippen LogP contribution in [0.1, 0.15) is 29.0 Å². The Morgan fingerprint density at radius 1 is 0.970 bits per heavy atom. The van der Waals surface area contributed by atoms with Gasteiger partial charge in [-0.15, -0.1) is 0 Å². The van der Waals surface area contributed by atoms with Crippen LogP contribution in [0.2, 0.25) is 0 Å². The molecule has 1 saturated carbocycles. The van der Waals surface area contributed by atoms with E-state index < -0.39 is 0 Å². The van der Waals surface area contributed by atoms with Crippen molar-refractivity contribution in [3.8, 4) is 11.4 Å². The van der Waals surface area contributed by atoms with E-state index in [0.717, 1.165) is 35.1 Å². The molecular formula is C26H24N4O3. The third kappa shape index (κ3) is 3.23. The fourth-order valence-electron chi connectivity index (χ4n) is 4.91. The van der Waals surface area contributed by atoms with Gasteiger partial charge in [-0.05, 0) is 43.4 Å². The van der Waals surface area contributed by atoms with E-state index >= 15 is 0 Å². The number of ether oxygens (including phenoxy) is 1. The maximum atomic E-state index is 13.4. The molecule has 166 valence electrons. The highest BCUT2D eigenvalue weighted by Gasteiger charge is 2.42. The topological polar surface area (TPSA) is 69.4 Å². The number of hydrogen-bond donors (Lipinski definition) is 0.